The molecule has 3 heteroatoms. The second-order valence-corrected chi connectivity index (χ2v) is 3.71. The first kappa shape index (κ1) is 14.2. The van der Waals surface area contributed by atoms with Gasteiger partial charge < -0.3 is 9.47 Å². The van der Waals surface area contributed by atoms with Gasteiger partial charge in [-0.05, 0) is 6.42 Å². The predicted molar refractivity (Wildman–Crippen MR) is 61.1 cm³/mol. The van der Waals surface area contributed by atoms with Crippen LogP contribution in [0.3, 0.4) is 0 Å². The van der Waals surface area contributed by atoms with E-state index in [1.54, 1.807) is 0 Å². The summed E-state index contributed by atoms with van der Waals surface area (Å²) in [5.41, 5.74) is 0. The molecule has 86 valence electrons. The molecule has 0 fully saturated rings. The highest BCUT2D eigenvalue weighted by Crippen LogP contribution is 2.02. The van der Waals surface area contributed by atoms with E-state index in [4.69, 9.17) is 21.1 Å². The van der Waals surface area contributed by atoms with Crippen LogP contribution < -0.4 is 0 Å². The van der Waals surface area contributed by atoms with Gasteiger partial charge in [0.05, 0.1) is 19.8 Å². The maximum Gasteiger partial charge on any atom is 0.0701 e. The minimum atomic E-state index is 0.566. The van der Waals surface area contributed by atoms with E-state index in [2.05, 4.69) is 6.92 Å². The lowest BCUT2D eigenvalue weighted by atomic mass is 10.2. The number of halogens is 1. The molecule has 0 bridgehead atoms. The van der Waals surface area contributed by atoms with Gasteiger partial charge in [0.2, 0.25) is 0 Å². The van der Waals surface area contributed by atoms with Crippen LogP contribution in [0.15, 0.2) is 0 Å². The van der Waals surface area contributed by atoms with Gasteiger partial charge in [0, 0.05) is 12.5 Å². The van der Waals surface area contributed by atoms with Gasteiger partial charge in [0.15, 0.2) is 0 Å². The van der Waals surface area contributed by atoms with Gasteiger partial charge in [0.25, 0.3) is 0 Å². The van der Waals surface area contributed by atoms with E-state index in [0.717, 1.165) is 6.61 Å². The van der Waals surface area contributed by atoms with E-state index in [-0.39, 0.29) is 0 Å². The highest BCUT2D eigenvalue weighted by atomic mass is 35.5. The van der Waals surface area contributed by atoms with E-state index >= 15 is 0 Å². The van der Waals surface area contributed by atoms with Crippen molar-refractivity contribution in [3.8, 4) is 0 Å². The van der Waals surface area contributed by atoms with Crippen LogP contribution in [-0.4, -0.2) is 32.3 Å². The van der Waals surface area contributed by atoms with Gasteiger partial charge in [-0.1, -0.05) is 32.6 Å². The maximum absolute atomic E-state index is 5.45. The Kier molecular flexibility index (Phi) is 13.4. The number of hydrogen-bond acceptors (Lipinski definition) is 2. The van der Waals surface area contributed by atoms with Crippen molar-refractivity contribution < 1.29 is 9.47 Å². The summed E-state index contributed by atoms with van der Waals surface area (Å²) >= 11 is 5.45. The number of rotatable bonds is 11. The molecule has 0 aromatic rings. The van der Waals surface area contributed by atoms with Crippen molar-refractivity contribution in [1.82, 2.24) is 0 Å². The zero-order valence-corrected chi connectivity index (χ0v) is 10.0. The molecule has 0 spiro atoms. The highest BCUT2D eigenvalue weighted by molar-refractivity contribution is 6.17. The summed E-state index contributed by atoms with van der Waals surface area (Å²) in [6.45, 7) is 5.09. The summed E-state index contributed by atoms with van der Waals surface area (Å²) in [4.78, 5) is 0. The van der Waals surface area contributed by atoms with E-state index in [9.17, 15) is 0 Å². The smallest absolute Gasteiger partial charge is 0.0701 e. The number of unbranched alkanes of at least 4 members (excludes halogenated alkanes) is 4. The molecule has 0 aliphatic heterocycles. The van der Waals surface area contributed by atoms with Gasteiger partial charge in [-0.15, -0.1) is 11.6 Å². The monoisotopic (exact) mass is 222 g/mol. The summed E-state index contributed by atoms with van der Waals surface area (Å²) in [6.07, 6.45) is 6.44. The van der Waals surface area contributed by atoms with E-state index < -0.39 is 0 Å². The first-order valence-electron chi connectivity index (χ1n) is 5.63. The Bertz CT molecular complexity index is 87.3. The largest absolute Gasteiger partial charge is 0.379 e. The lowest BCUT2D eigenvalue weighted by Gasteiger charge is -2.04. The molecular weight excluding hydrogens is 200 g/mol. The normalized spacial score (nSPS) is 10.7. The molecule has 0 aromatic carbocycles. The summed E-state index contributed by atoms with van der Waals surface area (Å²) in [7, 11) is 0. The zero-order chi connectivity index (χ0) is 10.5. The summed E-state index contributed by atoms with van der Waals surface area (Å²) in [5.74, 6) is 0.566. The quantitative estimate of drug-likeness (QED) is 0.395. The van der Waals surface area contributed by atoms with Crippen LogP contribution in [0.5, 0.6) is 0 Å². The molecule has 0 heterocycles. The van der Waals surface area contributed by atoms with E-state index in [0.29, 0.717) is 25.7 Å². The van der Waals surface area contributed by atoms with Crippen LogP contribution in [-0.2, 0) is 9.47 Å². The van der Waals surface area contributed by atoms with Crippen LogP contribution in [0.25, 0.3) is 0 Å². The molecule has 0 unspecified atom stereocenters. The van der Waals surface area contributed by atoms with Gasteiger partial charge >= 0.3 is 0 Å². The zero-order valence-electron chi connectivity index (χ0n) is 9.27. The predicted octanol–water partition coefficient (Wildman–Crippen LogP) is 3.23. The van der Waals surface area contributed by atoms with Crippen LogP contribution >= 0.6 is 11.6 Å². The van der Waals surface area contributed by atoms with Gasteiger partial charge in [-0.25, -0.2) is 0 Å². The molecule has 0 amide bonds. The fourth-order valence-corrected chi connectivity index (χ4v) is 1.29. The molecule has 0 atom stereocenters. The Morgan fingerprint density at radius 1 is 0.786 bits per heavy atom. The first-order valence-corrected chi connectivity index (χ1v) is 6.16. The van der Waals surface area contributed by atoms with Gasteiger partial charge in [-0.3, -0.25) is 0 Å². The Morgan fingerprint density at radius 2 is 1.43 bits per heavy atom. The Hall–Kier alpha value is 0.210. The van der Waals surface area contributed by atoms with Crippen molar-refractivity contribution in [1.29, 1.82) is 0 Å². The lowest BCUT2D eigenvalue weighted by Crippen LogP contribution is -2.06. The minimum Gasteiger partial charge on any atom is -0.379 e. The summed E-state index contributed by atoms with van der Waals surface area (Å²) in [5, 5.41) is 0. The second kappa shape index (κ2) is 13.2. The SMILES string of the molecule is CCCCCCCOCCOCCCl. The molecule has 0 rings (SSSR count). The van der Waals surface area contributed by atoms with E-state index in [1.165, 1.54) is 32.1 Å². The molecule has 0 aliphatic carbocycles. The first-order chi connectivity index (χ1) is 6.91. The molecule has 14 heavy (non-hydrogen) atoms. The molecular formula is C11H23ClO2. The Morgan fingerprint density at radius 3 is 2.07 bits per heavy atom. The Labute approximate surface area is 92.9 Å². The van der Waals surface area contributed by atoms with Crippen molar-refractivity contribution in [2.45, 2.75) is 39.0 Å². The average Bonchev–Trinajstić information content (AvgIpc) is 2.21. The van der Waals surface area contributed by atoms with Gasteiger partial charge in [0.1, 0.15) is 0 Å². The molecule has 2 nitrogen and oxygen atoms in total. The van der Waals surface area contributed by atoms with Crippen molar-refractivity contribution in [2.24, 2.45) is 0 Å². The topological polar surface area (TPSA) is 18.5 Å². The number of alkyl halides is 1. The third-order valence-electron chi connectivity index (χ3n) is 1.99. The van der Waals surface area contributed by atoms with Crippen molar-refractivity contribution in [2.75, 3.05) is 32.3 Å². The van der Waals surface area contributed by atoms with Crippen LogP contribution in [0.1, 0.15) is 39.0 Å². The van der Waals surface area contributed by atoms with Crippen molar-refractivity contribution in [3.05, 3.63) is 0 Å². The summed E-state index contributed by atoms with van der Waals surface area (Å²) in [6, 6.07) is 0. The number of ether oxygens (including phenoxy) is 2. The number of hydrogen-bond donors (Lipinski definition) is 0. The third-order valence-corrected chi connectivity index (χ3v) is 2.14. The molecule has 0 saturated carbocycles. The van der Waals surface area contributed by atoms with Crippen LogP contribution in [0.4, 0.5) is 0 Å². The molecule has 0 N–H and O–H groups in total. The Balaban J connectivity index is 2.78. The molecule has 0 aliphatic rings. The third kappa shape index (κ3) is 12.2. The maximum atomic E-state index is 5.45. The molecule has 0 aromatic heterocycles. The van der Waals surface area contributed by atoms with Gasteiger partial charge in [-0.2, -0.15) is 0 Å². The van der Waals surface area contributed by atoms with Crippen molar-refractivity contribution in [3.63, 3.8) is 0 Å². The lowest BCUT2D eigenvalue weighted by molar-refractivity contribution is 0.0519. The minimum absolute atomic E-state index is 0.566. The van der Waals surface area contributed by atoms with E-state index in [1.807, 2.05) is 0 Å². The fraction of sp³-hybridized carbons (Fsp3) is 1.00. The highest BCUT2D eigenvalue weighted by Gasteiger charge is 1.91. The summed E-state index contributed by atoms with van der Waals surface area (Å²) < 4.78 is 10.6. The van der Waals surface area contributed by atoms with Crippen LogP contribution in [0, 0.1) is 0 Å². The second-order valence-electron chi connectivity index (χ2n) is 3.33. The van der Waals surface area contributed by atoms with Crippen molar-refractivity contribution >= 4 is 11.6 Å². The fourth-order valence-electron chi connectivity index (χ4n) is 1.18. The average molecular weight is 223 g/mol. The standard InChI is InChI=1S/C11H23ClO2/c1-2-3-4-5-6-8-13-10-11-14-9-7-12/h2-11H2,1H3. The molecule has 0 radical (unpaired) electrons. The molecule has 0 saturated heterocycles. The van der Waals surface area contributed by atoms with Crippen LogP contribution in [0.2, 0.25) is 0 Å².